The van der Waals surface area contributed by atoms with Crippen LogP contribution in [0.5, 0.6) is 0 Å². The third-order valence-electron chi connectivity index (χ3n) is 2.94. The molecule has 0 radical (unpaired) electrons. The van der Waals surface area contributed by atoms with Crippen molar-refractivity contribution in [3.05, 3.63) is 0 Å². The molecule has 0 heterocycles. The van der Waals surface area contributed by atoms with E-state index in [1.165, 1.54) is 0 Å². The van der Waals surface area contributed by atoms with Gasteiger partial charge in [-0.3, -0.25) is 9.59 Å². The second kappa shape index (κ2) is 7.30. The summed E-state index contributed by atoms with van der Waals surface area (Å²) >= 11 is 0. The summed E-state index contributed by atoms with van der Waals surface area (Å²) in [7, 11) is 0. The first kappa shape index (κ1) is 15.9. The molecular weight excluding hydrogens is 220 g/mol. The number of esters is 1. The Morgan fingerprint density at radius 3 is 2.06 bits per heavy atom. The van der Waals surface area contributed by atoms with Crippen molar-refractivity contribution in [2.24, 2.45) is 5.92 Å². The van der Waals surface area contributed by atoms with Gasteiger partial charge in [-0.25, -0.2) is 0 Å². The van der Waals surface area contributed by atoms with Crippen LogP contribution >= 0.6 is 0 Å². The van der Waals surface area contributed by atoms with Crippen LogP contribution in [0.4, 0.5) is 0 Å². The molecule has 0 aliphatic heterocycles. The van der Waals surface area contributed by atoms with Gasteiger partial charge in [-0.05, 0) is 25.2 Å². The Balaban J connectivity index is 4.42. The van der Waals surface area contributed by atoms with E-state index in [4.69, 9.17) is 9.84 Å². The number of rotatable bonds is 8. The summed E-state index contributed by atoms with van der Waals surface area (Å²) in [4.78, 5) is 22.0. The fourth-order valence-electron chi connectivity index (χ4n) is 1.97. The molecule has 100 valence electrons. The van der Waals surface area contributed by atoms with Crippen LogP contribution in [0.1, 0.15) is 59.8 Å². The summed E-state index contributed by atoms with van der Waals surface area (Å²) in [5.41, 5.74) is -0.427. The SMILES string of the molecule is CCC(CC)(CC(C)C)OC(=O)CCC(=O)O. The highest BCUT2D eigenvalue weighted by molar-refractivity contribution is 5.76. The number of hydrogen-bond acceptors (Lipinski definition) is 3. The molecule has 0 bridgehead atoms. The molecule has 0 amide bonds. The maximum absolute atomic E-state index is 11.6. The average Bonchev–Trinajstić information content (AvgIpc) is 2.24. The van der Waals surface area contributed by atoms with Crippen LogP contribution in [-0.4, -0.2) is 22.6 Å². The maximum Gasteiger partial charge on any atom is 0.306 e. The van der Waals surface area contributed by atoms with Crippen LogP contribution in [-0.2, 0) is 14.3 Å². The van der Waals surface area contributed by atoms with Gasteiger partial charge in [0.2, 0.25) is 0 Å². The lowest BCUT2D eigenvalue weighted by molar-refractivity contribution is -0.164. The lowest BCUT2D eigenvalue weighted by atomic mass is 9.87. The lowest BCUT2D eigenvalue weighted by Crippen LogP contribution is -2.35. The second-order valence-electron chi connectivity index (χ2n) is 4.86. The van der Waals surface area contributed by atoms with Crippen molar-refractivity contribution in [1.29, 1.82) is 0 Å². The van der Waals surface area contributed by atoms with E-state index in [0.29, 0.717) is 5.92 Å². The van der Waals surface area contributed by atoms with Gasteiger partial charge in [0.25, 0.3) is 0 Å². The Hall–Kier alpha value is -1.06. The minimum atomic E-state index is -0.968. The van der Waals surface area contributed by atoms with Crippen LogP contribution in [0.25, 0.3) is 0 Å². The van der Waals surface area contributed by atoms with E-state index in [2.05, 4.69) is 13.8 Å². The van der Waals surface area contributed by atoms with Crippen molar-refractivity contribution < 1.29 is 19.4 Å². The Labute approximate surface area is 103 Å². The lowest BCUT2D eigenvalue weighted by Gasteiger charge is -2.33. The molecule has 0 saturated heterocycles. The van der Waals surface area contributed by atoms with Crippen molar-refractivity contribution in [2.45, 2.75) is 65.4 Å². The van der Waals surface area contributed by atoms with Gasteiger partial charge in [-0.2, -0.15) is 0 Å². The summed E-state index contributed by atoms with van der Waals surface area (Å²) in [6.07, 6.45) is 2.14. The minimum absolute atomic E-state index is 0.0464. The number of hydrogen-bond donors (Lipinski definition) is 1. The van der Waals surface area contributed by atoms with E-state index in [-0.39, 0.29) is 12.8 Å². The Bertz CT molecular complexity index is 254. The quantitative estimate of drug-likeness (QED) is 0.667. The van der Waals surface area contributed by atoms with Gasteiger partial charge in [0.1, 0.15) is 5.60 Å². The van der Waals surface area contributed by atoms with E-state index in [0.717, 1.165) is 19.3 Å². The minimum Gasteiger partial charge on any atom is -0.481 e. The normalized spacial score (nSPS) is 11.6. The third kappa shape index (κ3) is 6.29. The molecule has 4 heteroatoms. The zero-order valence-corrected chi connectivity index (χ0v) is 11.3. The van der Waals surface area contributed by atoms with Gasteiger partial charge in [0.05, 0.1) is 12.8 Å². The Morgan fingerprint density at radius 2 is 1.71 bits per heavy atom. The van der Waals surface area contributed by atoms with E-state index in [1.807, 2.05) is 13.8 Å². The zero-order valence-electron chi connectivity index (χ0n) is 11.3. The molecular formula is C13H24O4. The molecule has 0 aromatic rings. The van der Waals surface area contributed by atoms with Gasteiger partial charge >= 0.3 is 11.9 Å². The molecule has 0 aliphatic carbocycles. The topological polar surface area (TPSA) is 63.6 Å². The molecule has 0 aromatic heterocycles. The number of aliphatic carboxylic acids is 1. The van der Waals surface area contributed by atoms with Crippen LogP contribution in [0.15, 0.2) is 0 Å². The van der Waals surface area contributed by atoms with Gasteiger partial charge in [-0.15, -0.1) is 0 Å². The number of carbonyl (C=O) groups excluding carboxylic acids is 1. The Kier molecular flexibility index (Phi) is 6.85. The van der Waals surface area contributed by atoms with Crippen molar-refractivity contribution in [3.63, 3.8) is 0 Å². The summed E-state index contributed by atoms with van der Waals surface area (Å²) in [5, 5.41) is 8.51. The van der Waals surface area contributed by atoms with Crippen LogP contribution in [0.2, 0.25) is 0 Å². The first-order valence-corrected chi connectivity index (χ1v) is 6.29. The van der Waals surface area contributed by atoms with E-state index >= 15 is 0 Å². The fraction of sp³-hybridized carbons (Fsp3) is 0.846. The van der Waals surface area contributed by atoms with E-state index in [9.17, 15) is 9.59 Å². The molecule has 0 fully saturated rings. The summed E-state index contributed by atoms with van der Waals surface area (Å²) < 4.78 is 5.50. The molecule has 4 nitrogen and oxygen atoms in total. The number of carboxylic acids is 1. The predicted molar refractivity (Wildman–Crippen MR) is 65.7 cm³/mol. The highest BCUT2D eigenvalue weighted by atomic mass is 16.6. The highest BCUT2D eigenvalue weighted by Gasteiger charge is 2.31. The van der Waals surface area contributed by atoms with Crippen LogP contribution in [0.3, 0.4) is 0 Å². The summed E-state index contributed by atoms with van der Waals surface area (Å²) in [6.45, 7) is 8.17. The molecule has 0 atom stereocenters. The van der Waals surface area contributed by atoms with Gasteiger partial charge in [-0.1, -0.05) is 27.7 Å². The summed E-state index contributed by atoms with van der Waals surface area (Å²) in [6, 6.07) is 0. The van der Waals surface area contributed by atoms with Crippen LogP contribution in [0, 0.1) is 5.92 Å². The number of ether oxygens (including phenoxy) is 1. The van der Waals surface area contributed by atoms with Gasteiger partial charge < -0.3 is 9.84 Å². The smallest absolute Gasteiger partial charge is 0.306 e. The first-order chi connectivity index (χ1) is 7.85. The molecule has 17 heavy (non-hydrogen) atoms. The highest BCUT2D eigenvalue weighted by Crippen LogP contribution is 2.29. The third-order valence-corrected chi connectivity index (χ3v) is 2.94. The van der Waals surface area contributed by atoms with Crippen LogP contribution < -0.4 is 0 Å². The zero-order chi connectivity index (χ0) is 13.5. The predicted octanol–water partition coefficient (Wildman–Crippen LogP) is 3.00. The molecule has 0 aromatic carbocycles. The van der Waals surface area contributed by atoms with Gasteiger partial charge in [0.15, 0.2) is 0 Å². The van der Waals surface area contributed by atoms with Crippen molar-refractivity contribution in [3.8, 4) is 0 Å². The van der Waals surface area contributed by atoms with E-state index < -0.39 is 17.5 Å². The number of carbonyl (C=O) groups is 2. The fourth-order valence-corrected chi connectivity index (χ4v) is 1.97. The van der Waals surface area contributed by atoms with Crippen molar-refractivity contribution >= 4 is 11.9 Å². The Morgan fingerprint density at radius 1 is 1.18 bits per heavy atom. The van der Waals surface area contributed by atoms with Crippen molar-refractivity contribution in [2.75, 3.05) is 0 Å². The van der Waals surface area contributed by atoms with Gasteiger partial charge in [0, 0.05) is 0 Å². The molecule has 0 aliphatic rings. The number of carboxylic acid groups (broad SMARTS) is 1. The molecule has 0 saturated carbocycles. The monoisotopic (exact) mass is 244 g/mol. The standard InChI is InChI=1S/C13H24O4/c1-5-13(6-2,9-10(3)4)17-12(16)8-7-11(14)15/h10H,5-9H2,1-4H3,(H,14,15). The molecule has 1 N–H and O–H groups in total. The first-order valence-electron chi connectivity index (χ1n) is 6.29. The second-order valence-corrected chi connectivity index (χ2v) is 4.86. The average molecular weight is 244 g/mol. The van der Waals surface area contributed by atoms with E-state index in [1.54, 1.807) is 0 Å². The van der Waals surface area contributed by atoms with Crippen molar-refractivity contribution in [1.82, 2.24) is 0 Å². The maximum atomic E-state index is 11.6. The molecule has 0 rings (SSSR count). The molecule has 0 spiro atoms. The largest absolute Gasteiger partial charge is 0.481 e. The molecule has 0 unspecified atom stereocenters. The summed E-state index contributed by atoms with van der Waals surface area (Å²) in [5.74, 6) is -0.927.